The molecule has 0 radical (unpaired) electrons. The highest BCUT2D eigenvalue weighted by molar-refractivity contribution is 5.48. The molecule has 0 atom stereocenters. The molecule has 0 bridgehead atoms. The third-order valence-corrected chi connectivity index (χ3v) is 2.75. The van der Waals surface area contributed by atoms with Crippen molar-refractivity contribution >= 4 is 0 Å². The molecule has 2 rings (SSSR count). The van der Waals surface area contributed by atoms with E-state index >= 15 is 0 Å². The lowest BCUT2D eigenvalue weighted by atomic mass is 10.2. The molecule has 0 saturated carbocycles. The molecule has 2 aromatic heterocycles. The van der Waals surface area contributed by atoms with E-state index in [0.29, 0.717) is 35.6 Å². The monoisotopic (exact) mass is 289 g/mol. The van der Waals surface area contributed by atoms with Crippen molar-refractivity contribution in [2.75, 3.05) is 13.7 Å². The first-order chi connectivity index (χ1) is 10.1. The number of aromatic nitrogens is 4. The first-order valence-corrected chi connectivity index (χ1v) is 6.77. The molecule has 0 spiro atoms. The van der Waals surface area contributed by atoms with E-state index in [2.05, 4.69) is 39.3 Å². The van der Waals surface area contributed by atoms with Gasteiger partial charge in [-0.05, 0) is 18.5 Å². The maximum absolute atomic E-state index is 11.7. The van der Waals surface area contributed by atoms with Crippen LogP contribution >= 0.6 is 0 Å². The molecule has 0 amide bonds. The van der Waals surface area contributed by atoms with Crippen molar-refractivity contribution in [3.63, 3.8) is 0 Å². The van der Waals surface area contributed by atoms with Gasteiger partial charge in [0, 0.05) is 18.7 Å². The molecule has 2 aromatic rings. The Morgan fingerprint density at radius 2 is 2.14 bits per heavy atom. The van der Waals surface area contributed by atoms with E-state index in [1.54, 1.807) is 12.1 Å². The Morgan fingerprint density at radius 3 is 2.76 bits per heavy atom. The summed E-state index contributed by atoms with van der Waals surface area (Å²) in [6.45, 7) is 5.65. The summed E-state index contributed by atoms with van der Waals surface area (Å²) >= 11 is 0. The highest BCUT2D eigenvalue weighted by Crippen LogP contribution is 2.12. The maximum atomic E-state index is 11.7. The van der Waals surface area contributed by atoms with Crippen molar-refractivity contribution in [1.29, 1.82) is 0 Å². The Hall–Kier alpha value is -2.28. The molecule has 0 unspecified atom stereocenters. The van der Waals surface area contributed by atoms with Gasteiger partial charge < -0.3 is 15.0 Å². The van der Waals surface area contributed by atoms with Gasteiger partial charge in [0.1, 0.15) is 5.69 Å². The predicted octanol–water partition coefficient (Wildman–Crippen LogP) is 0.981. The highest BCUT2D eigenvalue weighted by atomic mass is 16.5. The minimum atomic E-state index is -0.209. The van der Waals surface area contributed by atoms with Gasteiger partial charge in [-0.2, -0.15) is 0 Å². The van der Waals surface area contributed by atoms with E-state index in [4.69, 9.17) is 4.74 Å². The largest absolute Gasteiger partial charge is 0.480 e. The minimum absolute atomic E-state index is 0.209. The van der Waals surface area contributed by atoms with Gasteiger partial charge in [-0.15, -0.1) is 10.2 Å². The fraction of sp³-hybridized carbons (Fsp3) is 0.429. The molecule has 0 fully saturated rings. The van der Waals surface area contributed by atoms with Crippen molar-refractivity contribution in [3.05, 3.63) is 34.2 Å². The summed E-state index contributed by atoms with van der Waals surface area (Å²) in [6.07, 6.45) is 0. The van der Waals surface area contributed by atoms with Crippen LogP contribution in [0, 0.1) is 5.92 Å². The summed E-state index contributed by atoms with van der Waals surface area (Å²) in [5.74, 6) is 1.36. The van der Waals surface area contributed by atoms with Gasteiger partial charge in [-0.25, -0.2) is 4.98 Å². The number of methoxy groups -OCH3 is 1. The van der Waals surface area contributed by atoms with E-state index in [1.165, 1.54) is 13.2 Å². The SMILES string of the molecule is COc1ccc(-c2nc(CNCC(C)C)cc(=O)[nH]2)nn1. The second-order valence-electron chi connectivity index (χ2n) is 5.07. The lowest BCUT2D eigenvalue weighted by Gasteiger charge is -2.07. The van der Waals surface area contributed by atoms with Crippen LogP contribution in [0.25, 0.3) is 11.5 Å². The Kier molecular flexibility index (Phi) is 4.99. The average molecular weight is 289 g/mol. The van der Waals surface area contributed by atoms with Crippen molar-refractivity contribution in [2.45, 2.75) is 20.4 Å². The number of nitrogens with one attached hydrogen (secondary N) is 2. The topological polar surface area (TPSA) is 92.8 Å². The van der Waals surface area contributed by atoms with Crippen molar-refractivity contribution in [1.82, 2.24) is 25.5 Å². The quantitative estimate of drug-likeness (QED) is 0.823. The van der Waals surface area contributed by atoms with Crippen LogP contribution < -0.4 is 15.6 Å². The van der Waals surface area contributed by atoms with Gasteiger partial charge in [0.25, 0.3) is 5.56 Å². The van der Waals surface area contributed by atoms with Crippen molar-refractivity contribution < 1.29 is 4.74 Å². The summed E-state index contributed by atoms with van der Waals surface area (Å²) < 4.78 is 4.95. The molecular formula is C14H19N5O2. The van der Waals surface area contributed by atoms with Gasteiger partial charge in [-0.1, -0.05) is 13.8 Å². The number of H-pyrrole nitrogens is 1. The fourth-order valence-electron chi connectivity index (χ4n) is 1.76. The second-order valence-corrected chi connectivity index (χ2v) is 5.07. The van der Waals surface area contributed by atoms with Gasteiger partial charge in [-0.3, -0.25) is 4.79 Å². The molecule has 7 nitrogen and oxygen atoms in total. The first kappa shape index (κ1) is 15.1. The van der Waals surface area contributed by atoms with Gasteiger partial charge in [0.2, 0.25) is 5.88 Å². The third-order valence-electron chi connectivity index (χ3n) is 2.75. The standard InChI is InChI=1S/C14H19N5O2/c1-9(2)7-15-8-10-6-12(20)17-14(16-10)11-4-5-13(21-3)19-18-11/h4-6,9,15H,7-8H2,1-3H3,(H,16,17,20). The van der Waals surface area contributed by atoms with Crippen LogP contribution in [0.1, 0.15) is 19.5 Å². The van der Waals surface area contributed by atoms with Crippen LogP contribution in [0.5, 0.6) is 5.88 Å². The number of aromatic amines is 1. The van der Waals surface area contributed by atoms with Crippen LogP contribution in [0.4, 0.5) is 0 Å². The molecule has 21 heavy (non-hydrogen) atoms. The smallest absolute Gasteiger partial charge is 0.251 e. The normalized spacial score (nSPS) is 10.9. The zero-order valence-electron chi connectivity index (χ0n) is 12.4. The summed E-state index contributed by atoms with van der Waals surface area (Å²) in [7, 11) is 1.52. The van der Waals surface area contributed by atoms with Gasteiger partial charge in [0.15, 0.2) is 5.82 Å². The van der Waals surface area contributed by atoms with Crippen molar-refractivity contribution in [3.8, 4) is 17.4 Å². The third kappa shape index (κ3) is 4.35. The number of ether oxygens (including phenoxy) is 1. The molecule has 0 aromatic carbocycles. The Labute approximate surface area is 122 Å². The zero-order valence-corrected chi connectivity index (χ0v) is 12.4. The van der Waals surface area contributed by atoms with E-state index in [-0.39, 0.29) is 5.56 Å². The minimum Gasteiger partial charge on any atom is -0.480 e. The molecule has 0 saturated heterocycles. The lowest BCUT2D eigenvalue weighted by Crippen LogP contribution is -2.21. The van der Waals surface area contributed by atoms with E-state index in [1.807, 2.05) is 0 Å². The van der Waals surface area contributed by atoms with Crippen LogP contribution in [-0.2, 0) is 6.54 Å². The Morgan fingerprint density at radius 1 is 1.33 bits per heavy atom. The molecule has 0 aliphatic rings. The first-order valence-electron chi connectivity index (χ1n) is 6.77. The molecule has 0 aliphatic carbocycles. The molecule has 2 N–H and O–H groups in total. The number of rotatable bonds is 6. The maximum Gasteiger partial charge on any atom is 0.251 e. The summed E-state index contributed by atoms with van der Waals surface area (Å²) in [6, 6.07) is 4.86. The highest BCUT2D eigenvalue weighted by Gasteiger charge is 2.07. The molecule has 2 heterocycles. The summed E-state index contributed by atoms with van der Waals surface area (Å²) in [5.41, 5.74) is 0.963. The number of hydrogen-bond acceptors (Lipinski definition) is 6. The van der Waals surface area contributed by atoms with Gasteiger partial charge in [0.05, 0.1) is 12.8 Å². The van der Waals surface area contributed by atoms with E-state index in [9.17, 15) is 4.79 Å². The predicted molar refractivity (Wildman–Crippen MR) is 79.0 cm³/mol. The fourth-order valence-corrected chi connectivity index (χ4v) is 1.76. The Bertz CT molecular complexity index is 637. The van der Waals surface area contributed by atoms with Crippen LogP contribution in [-0.4, -0.2) is 33.8 Å². The molecular weight excluding hydrogens is 270 g/mol. The van der Waals surface area contributed by atoms with Gasteiger partial charge >= 0.3 is 0 Å². The number of nitrogens with zero attached hydrogens (tertiary/aromatic N) is 3. The van der Waals surface area contributed by atoms with Crippen molar-refractivity contribution in [2.24, 2.45) is 5.92 Å². The van der Waals surface area contributed by atoms with Crippen LogP contribution in [0.15, 0.2) is 23.0 Å². The van der Waals surface area contributed by atoms with E-state index in [0.717, 1.165) is 6.54 Å². The number of hydrogen-bond donors (Lipinski definition) is 2. The molecule has 112 valence electrons. The average Bonchev–Trinajstić information content (AvgIpc) is 2.46. The summed E-state index contributed by atoms with van der Waals surface area (Å²) in [5, 5.41) is 11.1. The second kappa shape index (κ2) is 6.94. The van der Waals surface area contributed by atoms with E-state index < -0.39 is 0 Å². The zero-order chi connectivity index (χ0) is 15.2. The Balaban J connectivity index is 2.19. The summed E-state index contributed by atoms with van der Waals surface area (Å²) in [4.78, 5) is 18.8. The van der Waals surface area contributed by atoms with Crippen LogP contribution in [0.3, 0.4) is 0 Å². The lowest BCUT2D eigenvalue weighted by molar-refractivity contribution is 0.392. The van der Waals surface area contributed by atoms with Crippen LogP contribution in [0.2, 0.25) is 0 Å². The molecule has 7 heteroatoms. The molecule has 0 aliphatic heterocycles.